The van der Waals surface area contributed by atoms with Crippen molar-refractivity contribution in [1.82, 2.24) is 24.4 Å². The Balaban J connectivity index is 1.51. The Kier molecular flexibility index (Phi) is 5.15. The molecular formula is C31H27N5O. The molecule has 0 radical (unpaired) electrons. The number of hydrogen-bond acceptors (Lipinski definition) is 4. The van der Waals surface area contributed by atoms with E-state index in [9.17, 15) is 4.79 Å². The summed E-state index contributed by atoms with van der Waals surface area (Å²) in [5.74, 6) is 0.862. The number of benzene rings is 3. The molecule has 1 N–H and O–H groups in total. The third-order valence-corrected chi connectivity index (χ3v) is 7.61. The lowest BCUT2D eigenvalue weighted by molar-refractivity contribution is 0.0941. The molecule has 182 valence electrons. The van der Waals surface area contributed by atoms with Crippen molar-refractivity contribution in [2.24, 2.45) is 0 Å². The fourth-order valence-corrected chi connectivity index (χ4v) is 5.80. The minimum absolute atomic E-state index is 0.0121. The van der Waals surface area contributed by atoms with Gasteiger partial charge >= 0.3 is 0 Å². The molecule has 6 heteroatoms. The molecule has 0 atom stereocenters. The van der Waals surface area contributed by atoms with E-state index in [1.54, 1.807) is 11.5 Å². The highest BCUT2D eigenvalue weighted by atomic mass is 16.1. The van der Waals surface area contributed by atoms with Crippen LogP contribution < -0.4 is 5.32 Å². The van der Waals surface area contributed by atoms with Crippen LogP contribution >= 0.6 is 0 Å². The number of piperidine rings is 1. The topological polar surface area (TPSA) is 64.7 Å². The van der Waals surface area contributed by atoms with Crippen LogP contribution in [0.5, 0.6) is 0 Å². The first-order chi connectivity index (χ1) is 18.2. The Hall–Kier alpha value is -4.29. The standard InChI is InChI=1S/C31H27N5O/c1-20(37)35-19-27(26-8-4-5-9-28(26)35)30-34-29-25(23-11-10-21-6-2-3-7-22(21)18-23)14-17-33-31(29)36(30)24-12-15-32-16-13-24/h2-11,14,17-19,24,32H,12-13,15-16H2,1H3. The SMILES string of the molecule is CC(=O)n1cc(-c2nc3c(-c4ccc5ccccc5c4)ccnc3n2C2CCNCC2)c2ccccc21. The first kappa shape index (κ1) is 21.9. The van der Waals surface area contributed by atoms with Crippen LogP contribution in [-0.4, -0.2) is 38.1 Å². The van der Waals surface area contributed by atoms with E-state index in [2.05, 4.69) is 64.5 Å². The van der Waals surface area contributed by atoms with Gasteiger partial charge in [0.15, 0.2) is 5.65 Å². The van der Waals surface area contributed by atoms with E-state index in [4.69, 9.17) is 9.97 Å². The summed E-state index contributed by atoms with van der Waals surface area (Å²) >= 11 is 0. The quantitative estimate of drug-likeness (QED) is 0.313. The van der Waals surface area contributed by atoms with Gasteiger partial charge in [-0.15, -0.1) is 0 Å². The van der Waals surface area contributed by atoms with Crippen LogP contribution in [0.1, 0.15) is 30.6 Å². The molecule has 0 spiro atoms. The van der Waals surface area contributed by atoms with Gasteiger partial charge in [-0.05, 0) is 60.5 Å². The molecule has 0 aliphatic carbocycles. The van der Waals surface area contributed by atoms with Crippen LogP contribution in [0.3, 0.4) is 0 Å². The summed E-state index contributed by atoms with van der Waals surface area (Å²) in [6, 6.07) is 25.4. The minimum Gasteiger partial charge on any atom is -0.317 e. The Morgan fingerprint density at radius 3 is 2.54 bits per heavy atom. The van der Waals surface area contributed by atoms with Crippen molar-refractivity contribution < 1.29 is 4.79 Å². The summed E-state index contributed by atoms with van der Waals surface area (Å²) in [6.45, 7) is 3.53. The number of pyridine rings is 1. The lowest BCUT2D eigenvalue weighted by atomic mass is 10.0. The number of carbonyl (C=O) groups excluding carboxylic acids is 1. The van der Waals surface area contributed by atoms with Crippen LogP contribution in [-0.2, 0) is 0 Å². The fourth-order valence-electron chi connectivity index (χ4n) is 5.80. The number of hydrogen-bond donors (Lipinski definition) is 1. The monoisotopic (exact) mass is 485 g/mol. The molecule has 3 aromatic carbocycles. The largest absolute Gasteiger partial charge is 0.317 e. The first-order valence-electron chi connectivity index (χ1n) is 12.9. The number of para-hydroxylation sites is 1. The number of nitrogens with zero attached hydrogens (tertiary/aromatic N) is 4. The zero-order valence-electron chi connectivity index (χ0n) is 20.7. The van der Waals surface area contributed by atoms with Crippen molar-refractivity contribution in [3.63, 3.8) is 0 Å². The number of rotatable bonds is 3. The second kappa shape index (κ2) is 8.68. The zero-order chi connectivity index (χ0) is 24.9. The summed E-state index contributed by atoms with van der Waals surface area (Å²) in [5, 5.41) is 6.93. The molecule has 0 saturated carbocycles. The molecular weight excluding hydrogens is 458 g/mol. The number of carbonyl (C=O) groups is 1. The summed E-state index contributed by atoms with van der Waals surface area (Å²) < 4.78 is 4.06. The maximum atomic E-state index is 12.5. The molecule has 6 nitrogen and oxygen atoms in total. The number of aromatic nitrogens is 4. The maximum absolute atomic E-state index is 12.5. The Bertz CT molecular complexity index is 1810. The second-order valence-corrected chi connectivity index (χ2v) is 9.83. The Morgan fingerprint density at radius 1 is 0.919 bits per heavy atom. The van der Waals surface area contributed by atoms with E-state index < -0.39 is 0 Å². The summed E-state index contributed by atoms with van der Waals surface area (Å²) in [7, 11) is 0. The molecule has 1 fully saturated rings. The van der Waals surface area contributed by atoms with E-state index >= 15 is 0 Å². The van der Waals surface area contributed by atoms with Crippen molar-refractivity contribution in [1.29, 1.82) is 0 Å². The number of imidazole rings is 1. The fraction of sp³-hybridized carbons (Fsp3) is 0.194. The molecule has 6 aromatic rings. The van der Waals surface area contributed by atoms with Crippen molar-refractivity contribution in [3.8, 4) is 22.5 Å². The maximum Gasteiger partial charge on any atom is 0.227 e. The van der Waals surface area contributed by atoms with E-state index in [0.717, 1.165) is 70.5 Å². The average Bonchev–Trinajstić information content (AvgIpc) is 3.52. The van der Waals surface area contributed by atoms with Gasteiger partial charge in [-0.1, -0.05) is 54.6 Å². The molecule has 37 heavy (non-hydrogen) atoms. The summed E-state index contributed by atoms with van der Waals surface area (Å²) in [6.07, 6.45) is 5.85. The number of fused-ring (bicyclic) bond motifs is 3. The average molecular weight is 486 g/mol. The van der Waals surface area contributed by atoms with E-state index in [1.807, 2.05) is 30.6 Å². The zero-order valence-corrected chi connectivity index (χ0v) is 20.7. The van der Waals surface area contributed by atoms with Gasteiger partial charge in [-0.2, -0.15) is 0 Å². The lowest BCUT2D eigenvalue weighted by Gasteiger charge is -2.25. The normalized spacial score (nSPS) is 14.6. The van der Waals surface area contributed by atoms with Gasteiger partial charge in [-0.3, -0.25) is 9.36 Å². The summed E-state index contributed by atoms with van der Waals surface area (Å²) in [5.41, 5.74) is 5.85. The predicted molar refractivity (Wildman–Crippen MR) is 149 cm³/mol. The van der Waals surface area contributed by atoms with Crippen LogP contribution in [0.25, 0.3) is 55.4 Å². The first-order valence-corrected chi connectivity index (χ1v) is 12.9. The highest BCUT2D eigenvalue weighted by Gasteiger charge is 2.26. The van der Waals surface area contributed by atoms with Crippen molar-refractivity contribution in [3.05, 3.63) is 85.2 Å². The molecule has 1 aliphatic rings. The van der Waals surface area contributed by atoms with Gasteiger partial charge in [0.2, 0.25) is 5.91 Å². The molecule has 3 aromatic heterocycles. The van der Waals surface area contributed by atoms with Crippen LogP contribution in [0.15, 0.2) is 85.2 Å². The lowest BCUT2D eigenvalue weighted by Crippen LogP contribution is -2.29. The van der Waals surface area contributed by atoms with Gasteiger partial charge < -0.3 is 9.88 Å². The van der Waals surface area contributed by atoms with Gasteiger partial charge in [0.25, 0.3) is 0 Å². The highest BCUT2D eigenvalue weighted by molar-refractivity contribution is 6.02. The van der Waals surface area contributed by atoms with E-state index in [0.29, 0.717) is 0 Å². The van der Waals surface area contributed by atoms with Gasteiger partial charge in [-0.25, -0.2) is 9.97 Å². The van der Waals surface area contributed by atoms with Crippen LogP contribution in [0.4, 0.5) is 0 Å². The number of nitrogens with one attached hydrogen (secondary N) is 1. The highest BCUT2D eigenvalue weighted by Crippen LogP contribution is 2.38. The molecule has 0 unspecified atom stereocenters. The van der Waals surface area contributed by atoms with Crippen LogP contribution in [0.2, 0.25) is 0 Å². The van der Waals surface area contributed by atoms with Gasteiger partial charge in [0.1, 0.15) is 11.3 Å². The predicted octanol–water partition coefficient (Wildman–Crippen LogP) is 6.46. The molecule has 7 rings (SSSR count). The van der Waals surface area contributed by atoms with Gasteiger partial charge in [0.05, 0.1) is 5.52 Å². The third-order valence-electron chi connectivity index (χ3n) is 7.61. The molecule has 1 aliphatic heterocycles. The van der Waals surface area contributed by atoms with Crippen molar-refractivity contribution in [2.45, 2.75) is 25.8 Å². The molecule has 4 heterocycles. The Labute approximate surface area is 214 Å². The molecule has 1 saturated heterocycles. The van der Waals surface area contributed by atoms with E-state index in [-0.39, 0.29) is 11.9 Å². The second-order valence-electron chi connectivity index (χ2n) is 9.83. The minimum atomic E-state index is -0.0121. The smallest absolute Gasteiger partial charge is 0.227 e. The van der Waals surface area contributed by atoms with Gasteiger partial charge in [0, 0.05) is 41.9 Å². The van der Waals surface area contributed by atoms with E-state index in [1.165, 1.54) is 10.8 Å². The third kappa shape index (κ3) is 3.56. The molecule has 0 bridgehead atoms. The van der Waals surface area contributed by atoms with Crippen LogP contribution in [0, 0.1) is 0 Å². The Morgan fingerprint density at radius 2 is 1.70 bits per heavy atom. The van der Waals surface area contributed by atoms with Crippen molar-refractivity contribution in [2.75, 3.05) is 13.1 Å². The molecule has 0 amide bonds. The van der Waals surface area contributed by atoms with Crippen molar-refractivity contribution >= 4 is 38.7 Å². The summed E-state index contributed by atoms with van der Waals surface area (Å²) in [4.78, 5) is 22.7.